The van der Waals surface area contributed by atoms with Gasteiger partial charge in [-0.2, -0.15) is 0 Å². The van der Waals surface area contributed by atoms with Gasteiger partial charge in [-0.15, -0.1) is 0 Å². The second-order valence-corrected chi connectivity index (χ2v) is 10.9. The van der Waals surface area contributed by atoms with E-state index in [1.54, 1.807) is 0 Å². The topological polar surface area (TPSA) is 26.3 Å². The minimum atomic E-state index is 0.103. The summed E-state index contributed by atoms with van der Waals surface area (Å²) in [5, 5.41) is 0. The highest BCUT2D eigenvalue weighted by atomic mass is 16.5. The lowest BCUT2D eigenvalue weighted by Gasteiger charge is -2.16. The largest absolute Gasteiger partial charge is 0.465 e. The first-order valence-electron chi connectivity index (χ1n) is 15.9. The maximum Gasteiger partial charge on any atom is 0.308 e. The summed E-state index contributed by atoms with van der Waals surface area (Å²) in [7, 11) is 0. The quantitative estimate of drug-likeness (QED) is 0.0821. The first kappa shape index (κ1) is 33.5. The van der Waals surface area contributed by atoms with Crippen LogP contribution in [0, 0.1) is 5.92 Å². The van der Waals surface area contributed by atoms with Crippen LogP contribution < -0.4 is 0 Å². The molecule has 204 valence electrons. The number of carbonyl (C=O) groups excluding carboxylic acids is 1. The highest BCUT2D eigenvalue weighted by Crippen LogP contribution is 2.21. The van der Waals surface area contributed by atoms with Crippen molar-refractivity contribution in [3.05, 3.63) is 0 Å². The summed E-state index contributed by atoms with van der Waals surface area (Å²) < 4.78 is 5.75. The Hall–Kier alpha value is -0.530. The molecule has 0 rings (SSSR count). The molecular weight excluding hydrogens is 416 g/mol. The number of hydrogen-bond acceptors (Lipinski definition) is 2. The van der Waals surface area contributed by atoms with Gasteiger partial charge in [0.25, 0.3) is 0 Å². The second kappa shape index (κ2) is 28.7. The molecule has 0 aromatic carbocycles. The lowest BCUT2D eigenvalue weighted by molar-refractivity contribution is -0.149. The Bertz CT molecular complexity index is 392. The first-order chi connectivity index (χ1) is 16.8. The predicted octanol–water partition coefficient (Wildman–Crippen LogP) is 11.3. The number of rotatable bonds is 28. The van der Waals surface area contributed by atoms with Crippen LogP contribution in [0.25, 0.3) is 0 Å². The zero-order valence-electron chi connectivity index (χ0n) is 24.0. The van der Waals surface area contributed by atoms with Crippen LogP contribution >= 0.6 is 0 Å². The van der Waals surface area contributed by atoms with E-state index in [0.29, 0.717) is 6.61 Å². The van der Waals surface area contributed by atoms with Crippen molar-refractivity contribution in [2.45, 2.75) is 188 Å². The van der Waals surface area contributed by atoms with Crippen LogP contribution in [0.15, 0.2) is 0 Å². The predicted molar refractivity (Wildman–Crippen MR) is 152 cm³/mol. The monoisotopic (exact) mass is 480 g/mol. The van der Waals surface area contributed by atoms with Crippen molar-refractivity contribution in [1.29, 1.82) is 0 Å². The van der Waals surface area contributed by atoms with E-state index in [9.17, 15) is 4.79 Å². The molecule has 1 unspecified atom stereocenters. The van der Waals surface area contributed by atoms with Crippen molar-refractivity contribution in [2.75, 3.05) is 6.61 Å². The third kappa shape index (κ3) is 24.6. The minimum Gasteiger partial charge on any atom is -0.465 e. The van der Waals surface area contributed by atoms with Crippen molar-refractivity contribution in [3.8, 4) is 0 Å². The Morgan fingerprint density at radius 2 is 0.735 bits per heavy atom. The standard InChI is InChI=1S/C32H64O2/c1-4-7-10-13-15-17-18-20-23-26-29-31(28-25-22-12-9-6-3)32(33)34-30-27-24-21-19-16-14-11-8-5-2/h31H,4-30H2,1-3H3. The van der Waals surface area contributed by atoms with Crippen molar-refractivity contribution in [3.63, 3.8) is 0 Å². The van der Waals surface area contributed by atoms with E-state index in [1.165, 1.54) is 148 Å². The van der Waals surface area contributed by atoms with Gasteiger partial charge in [-0.05, 0) is 19.3 Å². The molecule has 0 saturated carbocycles. The number of esters is 1. The fourth-order valence-electron chi connectivity index (χ4n) is 4.96. The first-order valence-corrected chi connectivity index (χ1v) is 15.9. The van der Waals surface area contributed by atoms with Crippen LogP contribution in [-0.4, -0.2) is 12.6 Å². The molecule has 0 aliphatic carbocycles. The van der Waals surface area contributed by atoms with E-state index in [-0.39, 0.29) is 11.9 Å². The van der Waals surface area contributed by atoms with Gasteiger partial charge in [0.15, 0.2) is 0 Å². The summed E-state index contributed by atoms with van der Waals surface area (Å²) in [5.41, 5.74) is 0. The van der Waals surface area contributed by atoms with Gasteiger partial charge in [0.2, 0.25) is 0 Å². The number of ether oxygens (including phenoxy) is 1. The third-order valence-electron chi connectivity index (χ3n) is 7.39. The second-order valence-electron chi connectivity index (χ2n) is 10.9. The molecule has 0 bridgehead atoms. The van der Waals surface area contributed by atoms with Gasteiger partial charge in [0.05, 0.1) is 12.5 Å². The van der Waals surface area contributed by atoms with Crippen molar-refractivity contribution >= 4 is 5.97 Å². The van der Waals surface area contributed by atoms with Crippen molar-refractivity contribution in [1.82, 2.24) is 0 Å². The average molecular weight is 481 g/mol. The lowest BCUT2D eigenvalue weighted by Crippen LogP contribution is -2.18. The normalized spacial score (nSPS) is 12.2. The van der Waals surface area contributed by atoms with Crippen molar-refractivity contribution in [2.24, 2.45) is 5.92 Å². The zero-order valence-corrected chi connectivity index (χ0v) is 24.0. The molecule has 0 spiro atoms. The van der Waals surface area contributed by atoms with Crippen LogP contribution in [0.4, 0.5) is 0 Å². The minimum absolute atomic E-state index is 0.103. The summed E-state index contributed by atoms with van der Waals surface area (Å²) in [4.78, 5) is 12.8. The highest BCUT2D eigenvalue weighted by Gasteiger charge is 2.19. The third-order valence-corrected chi connectivity index (χ3v) is 7.39. The van der Waals surface area contributed by atoms with Crippen LogP contribution in [0.3, 0.4) is 0 Å². The summed E-state index contributed by atoms with van der Waals surface area (Å²) >= 11 is 0. The molecule has 0 N–H and O–H groups in total. The average Bonchev–Trinajstić information content (AvgIpc) is 2.84. The molecule has 2 heteroatoms. The molecular formula is C32H64O2. The van der Waals surface area contributed by atoms with E-state index < -0.39 is 0 Å². The van der Waals surface area contributed by atoms with Gasteiger partial charge in [-0.1, -0.05) is 168 Å². The molecule has 1 atom stereocenters. The van der Waals surface area contributed by atoms with Crippen molar-refractivity contribution < 1.29 is 9.53 Å². The van der Waals surface area contributed by atoms with Gasteiger partial charge in [0, 0.05) is 0 Å². The molecule has 0 aromatic rings. The van der Waals surface area contributed by atoms with Gasteiger partial charge < -0.3 is 4.74 Å². The van der Waals surface area contributed by atoms with Gasteiger partial charge >= 0.3 is 5.97 Å². The molecule has 0 saturated heterocycles. The molecule has 0 radical (unpaired) electrons. The Labute approximate surface area is 215 Å². The smallest absolute Gasteiger partial charge is 0.308 e. The molecule has 2 nitrogen and oxygen atoms in total. The molecule has 0 aliphatic rings. The Morgan fingerprint density at radius 1 is 0.441 bits per heavy atom. The van der Waals surface area contributed by atoms with Crippen LogP contribution in [0.5, 0.6) is 0 Å². The Kier molecular flexibility index (Phi) is 28.3. The van der Waals surface area contributed by atoms with E-state index in [4.69, 9.17) is 4.74 Å². The van der Waals surface area contributed by atoms with Crippen LogP contribution in [0.2, 0.25) is 0 Å². The maximum atomic E-state index is 12.8. The molecule has 0 heterocycles. The van der Waals surface area contributed by atoms with Crippen LogP contribution in [0.1, 0.15) is 188 Å². The number of hydrogen-bond donors (Lipinski definition) is 0. The molecule has 0 aliphatic heterocycles. The molecule has 0 aromatic heterocycles. The fourth-order valence-corrected chi connectivity index (χ4v) is 4.96. The van der Waals surface area contributed by atoms with Crippen LogP contribution in [-0.2, 0) is 9.53 Å². The van der Waals surface area contributed by atoms with Gasteiger partial charge in [-0.3, -0.25) is 4.79 Å². The van der Waals surface area contributed by atoms with Gasteiger partial charge in [0.1, 0.15) is 0 Å². The zero-order chi connectivity index (χ0) is 25.0. The van der Waals surface area contributed by atoms with E-state index in [1.807, 2.05) is 0 Å². The highest BCUT2D eigenvalue weighted by molar-refractivity contribution is 5.72. The van der Waals surface area contributed by atoms with Gasteiger partial charge in [-0.25, -0.2) is 0 Å². The van der Waals surface area contributed by atoms with E-state index >= 15 is 0 Å². The summed E-state index contributed by atoms with van der Waals surface area (Å²) in [6.45, 7) is 7.46. The SMILES string of the molecule is CCCCCCCCCCCCC(CCCCCCC)C(=O)OCCCCCCCCCCC. The van der Waals surface area contributed by atoms with E-state index in [0.717, 1.165) is 19.3 Å². The Morgan fingerprint density at radius 3 is 1.09 bits per heavy atom. The summed E-state index contributed by atoms with van der Waals surface area (Å²) in [6, 6.07) is 0. The summed E-state index contributed by atoms with van der Waals surface area (Å²) in [6.07, 6.45) is 33.8. The fraction of sp³-hybridized carbons (Fsp3) is 0.969. The number of carbonyl (C=O) groups is 1. The lowest BCUT2D eigenvalue weighted by atomic mass is 9.94. The number of unbranched alkanes of at least 4 members (excludes halogenated alkanes) is 21. The maximum absolute atomic E-state index is 12.8. The van der Waals surface area contributed by atoms with E-state index in [2.05, 4.69) is 20.8 Å². The Balaban J connectivity index is 3.93. The molecule has 0 fully saturated rings. The molecule has 0 amide bonds. The summed E-state index contributed by atoms with van der Waals surface area (Å²) in [5.74, 6) is 0.250. The molecule has 34 heavy (non-hydrogen) atoms.